The molecule has 1 aromatic rings. The van der Waals surface area contributed by atoms with Gasteiger partial charge in [-0.1, -0.05) is 12.1 Å². The molecule has 0 aliphatic carbocycles. The van der Waals surface area contributed by atoms with Crippen LogP contribution in [0.2, 0.25) is 0 Å². The SMILES string of the molecule is CC1=C(C(=O)OC(C)C)C(c2ccc(O)cc2)NC(=S)N1. The third kappa shape index (κ3) is 3.52. The lowest BCUT2D eigenvalue weighted by molar-refractivity contribution is -0.143. The number of thiocarbonyl (C=S) groups is 1. The molecule has 1 atom stereocenters. The molecule has 0 spiro atoms. The maximum Gasteiger partial charge on any atom is 0.338 e. The van der Waals surface area contributed by atoms with Crippen molar-refractivity contribution >= 4 is 23.3 Å². The van der Waals surface area contributed by atoms with E-state index < -0.39 is 6.04 Å². The molecule has 1 unspecified atom stereocenters. The molecule has 0 bridgehead atoms. The van der Waals surface area contributed by atoms with Gasteiger partial charge in [-0.15, -0.1) is 0 Å². The fourth-order valence-electron chi connectivity index (χ4n) is 2.16. The molecular weight excluding hydrogens is 288 g/mol. The Labute approximate surface area is 129 Å². The number of phenolic OH excluding ortho intramolecular Hbond substituents is 1. The second-order valence-electron chi connectivity index (χ2n) is 5.12. The van der Waals surface area contributed by atoms with Gasteiger partial charge >= 0.3 is 5.97 Å². The molecule has 5 nitrogen and oxygen atoms in total. The molecule has 2 rings (SSSR count). The Morgan fingerprint density at radius 1 is 1.33 bits per heavy atom. The summed E-state index contributed by atoms with van der Waals surface area (Å²) in [7, 11) is 0. The number of carbonyl (C=O) groups is 1. The van der Waals surface area contributed by atoms with Gasteiger partial charge in [0.25, 0.3) is 0 Å². The largest absolute Gasteiger partial charge is 0.508 e. The number of benzene rings is 1. The lowest BCUT2D eigenvalue weighted by atomic mass is 9.95. The first-order valence-corrected chi connectivity index (χ1v) is 7.07. The summed E-state index contributed by atoms with van der Waals surface area (Å²) in [6.45, 7) is 5.40. The predicted octanol–water partition coefficient (Wildman–Crippen LogP) is 2.14. The van der Waals surface area contributed by atoms with Crippen molar-refractivity contribution in [2.45, 2.75) is 32.9 Å². The Kier molecular flexibility index (Phi) is 4.47. The number of ether oxygens (including phenoxy) is 1. The van der Waals surface area contributed by atoms with Gasteiger partial charge in [-0.25, -0.2) is 4.79 Å². The molecule has 112 valence electrons. The van der Waals surface area contributed by atoms with Gasteiger partial charge in [-0.3, -0.25) is 0 Å². The number of hydrogen-bond donors (Lipinski definition) is 3. The topological polar surface area (TPSA) is 70.6 Å². The van der Waals surface area contributed by atoms with Crippen LogP contribution >= 0.6 is 12.2 Å². The molecule has 1 heterocycles. The summed E-state index contributed by atoms with van der Waals surface area (Å²) >= 11 is 5.16. The Bertz CT molecular complexity index is 593. The van der Waals surface area contributed by atoms with E-state index in [-0.39, 0.29) is 17.8 Å². The Balaban J connectivity index is 2.40. The maximum absolute atomic E-state index is 12.3. The van der Waals surface area contributed by atoms with Crippen molar-refractivity contribution in [2.75, 3.05) is 0 Å². The van der Waals surface area contributed by atoms with Gasteiger partial charge in [0.05, 0.1) is 17.7 Å². The highest BCUT2D eigenvalue weighted by atomic mass is 32.1. The van der Waals surface area contributed by atoms with E-state index in [2.05, 4.69) is 10.6 Å². The van der Waals surface area contributed by atoms with Gasteiger partial charge in [0.1, 0.15) is 5.75 Å². The molecule has 0 radical (unpaired) electrons. The molecule has 0 amide bonds. The third-order valence-electron chi connectivity index (χ3n) is 3.06. The van der Waals surface area contributed by atoms with Crippen LogP contribution in [0.4, 0.5) is 0 Å². The number of nitrogens with one attached hydrogen (secondary N) is 2. The van der Waals surface area contributed by atoms with E-state index in [1.54, 1.807) is 45.0 Å². The number of allylic oxidation sites excluding steroid dienone is 1. The zero-order chi connectivity index (χ0) is 15.6. The number of hydrogen-bond acceptors (Lipinski definition) is 4. The Hall–Kier alpha value is -2.08. The van der Waals surface area contributed by atoms with Crippen LogP contribution in [0.25, 0.3) is 0 Å². The first kappa shape index (κ1) is 15.3. The van der Waals surface area contributed by atoms with Crippen molar-refractivity contribution in [1.82, 2.24) is 10.6 Å². The summed E-state index contributed by atoms with van der Waals surface area (Å²) < 4.78 is 5.30. The van der Waals surface area contributed by atoms with Crippen LogP contribution in [0.1, 0.15) is 32.4 Å². The van der Waals surface area contributed by atoms with Gasteiger partial charge < -0.3 is 20.5 Å². The van der Waals surface area contributed by atoms with Crippen molar-refractivity contribution in [2.24, 2.45) is 0 Å². The highest BCUT2D eigenvalue weighted by molar-refractivity contribution is 7.80. The maximum atomic E-state index is 12.3. The molecule has 21 heavy (non-hydrogen) atoms. The average molecular weight is 306 g/mol. The van der Waals surface area contributed by atoms with Crippen LogP contribution in [-0.2, 0) is 9.53 Å². The first-order valence-electron chi connectivity index (χ1n) is 6.66. The minimum atomic E-state index is -0.398. The summed E-state index contributed by atoms with van der Waals surface area (Å²) in [5.74, 6) is -0.217. The Morgan fingerprint density at radius 2 is 1.95 bits per heavy atom. The lowest BCUT2D eigenvalue weighted by Gasteiger charge is -2.30. The van der Waals surface area contributed by atoms with Crippen molar-refractivity contribution in [3.8, 4) is 5.75 Å². The van der Waals surface area contributed by atoms with E-state index >= 15 is 0 Å². The van der Waals surface area contributed by atoms with Crippen LogP contribution in [0.15, 0.2) is 35.5 Å². The van der Waals surface area contributed by atoms with E-state index in [4.69, 9.17) is 17.0 Å². The van der Waals surface area contributed by atoms with Crippen molar-refractivity contribution in [1.29, 1.82) is 0 Å². The number of aromatic hydroxyl groups is 1. The second-order valence-corrected chi connectivity index (χ2v) is 5.52. The molecule has 1 aliphatic heterocycles. The molecule has 0 fully saturated rings. The standard InChI is InChI=1S/C15H18N2O3S/c1-8(2)20-14(19)12-9(3)16-15(21)17-13(12)10-4-6-11(18)7-5-10/h4-8,13,18H,1-3H3,(H2,16,17,21). The molecule has 3 N–H and O–H groups in total. The molecule has 1 aliphatic rings. The zero-order valence-electron chi connectivity index (χ0n) is 12.1. The Morgan fingerprint density at radius 3 is 2.52 bits per heavy atom. The van der Waals surface area contributed by atoms with Gasteiger partial charge in [0.2, 0.25) is 0 Å². The van der Waals surface area contributed by atoms with E-state index in [1.165, 1.54) is 0 Å². The van der Waals surface area contributed by atoms with Crippen LogP contribution in [0.5, 0.6) is 5.75 Å². The van der Waals surface area contributed by atoms with Gasteiger partial charge in [0, 0.05) is 5.70 Å². The molecule has 0 aromatic heterocycles. The zero-order valence-corrected chi connectivity index (χ0v) is 13.0. The molecule has 0 saturated heterocycles. The monoisotopic (exact) mass is 306 g/mol. The second kappa shape index (κ2) is 6.13. The van der Waals surface area contributed by atoms with Crippen molar-refractivity contribution in [3.63, 3.8) is 0 Å². The molecule has 6 heteroatoms. The number of carbonyl (C=O) groups excluding carboxylic acids is 1. The van der Waals surface area contributed by atoms with Crippen LogP contribution in [0.3, 0.4) is 0 Å². The summed E-state index contributed by atoms with van der Waals surface area (Å²) in [6.07, 6.45) is -0.202. The van der Waals surface area contributed by atoms with Crippen LogP contribution in [0, 0.1) is 0 Å². The van der Waals surface area contributed by atoms with E-state index in [0.29, 0.717) is 16.4 Å². The van der Waals surface area contributed by atoms with E-state index in [1.807, 2.05) is 0 Å². The quantitative estimate of drug-likeness (QED) is 0.587. The third-order valence-corrected chi connectivity index (χ3v) is 3.28. The molecule has 1 aromatic carbocycles. The van der Waals surface area contributed by atoms with E-state index in [0.717, 1.165) is 5.56 Å². The van der Waals surface area contributed by atoms with Crippen molar-refractivity contribution in [3.05, 3.63) is 41.1 Å². The van der Waals surface area contributed by atoms with E-state index in [9.17, 15) is 9.90 Å². The summed E-state index contributed by atoms with van der Waals surface area (Å²) in [5.41, 5.74) is 1.98. The first-order chi connectivity index (χ1) is 9.88. The predicted molar refractivity (Wildman–Crippen MR) is 83.6 cm³/mol. The van der Waals surface area contributed by atoms with Crippen LogP contribution in [-0.4, -0.2) is 22.3 Å². The minimum absolute atomic E-state index is 0.169. The smallest absolute Gasteiger partial charge is 0.338 e. The number of rotatable bonds is 3. The fourth-order valence-corrected chi connectivity index (χ4v) is 2.43. The molecular formula is C15H18N2O3S. The fraction of sp³-hybridized carbons (Fsp3) is 0.333. The number of phenols is 1. The summed E-state index contributed by atoms with van der Waals surface area (Å²) in [6, 6.07) is 6.24. The van der Waals surface area contributed by atoms with Gasteiger partial charge in [-0.2, -0.15) is 0 Å². The highest BCUT2D eigenvalue weighted by Gasteiger charge is 2.31. The van der Waals surface area contributed by atoms with Gasteiger partial charge in [0.15, 0.2) is 5.11 Å². The average Bonchev–Trinajstić information content (AvgIpc) is 2.37. The lowest BCUT2D eigenvalue weighted by Crippen LogP contribution is -2.45. The van der Waals surface area contributed by atoms with Crippen molar-refractivity contribution < 1.29 is 14.6 Å². The van der Waals surface area contributed by atoms with Gasteiger partial charge in [-0.05, 0) is 50.7 Å². The number of esters is 1. The highest BCUT2D eigenvalue weighted by Crippen LogP contribution is 2.28. The minimum Gasteiger partial charge on any atom is -0.508 e. The summed E-state index contributed by atoms with van der Waals surface area (Å²) in [5, 5.41) is 15.9. The normalized spacial score (nSPS) is 18.3. The van der Waals surface area contributed by atoms with Crippen LogP contribution < -0.4 is 10.6 Å². The molecule has 0 saturated carbocycles. The summed E-state index contributed by atoms with van der Waals surface area (Å²) in [4.78, 5) is 12.3.